The van der Waals surface area contributed by atoms with Gasteiger partial charge in [0, 0.05) is 5.88 Å². The monoisotopic (exact) mass is 146 g/mol. The molecule has 0 radical (unpaired) electrons. The first-order valence-corrected chi connectivity index (χ1v) is 4.23. The molecule has 54 valence electrons. The number of alkyl halides is 1. The van der Waals surface area contributed by atoms with Gasteiger partial charge in [-0.25, -0.2) is 0 Å². The first-order chi connectivity index (χ1) is 4.13. The Kier molecular flexibility index (Phi) is 1.77. The zero-order chi connectivity index (χ0) is 7.07. The summed E-state index contributed by atoms with van der Waals surface area (Å²) in [5.41, 5.74) is 0.515. The molecule has 1 fully saturated rings. The summed E-state index contributed by atoms with van der Waals surface area (Å²) in [5, 5.41) is 0. The SMILES string of the molecule is CC(C)C1(CCl)CC1C. The smallest absolute Gasteiger partial charge is 0.0285 e. The molecule has 2 atom stereocenters. The van der Waals surface area contributed by atoms with E-state index < -0.39 is 0 Å². The van der Waals surface area contributed by atoms with Crippen LogP contribution in [-0.4, -0.2) is 5.88 Å². The molecular weight excluding hydrogens is 132 g/mol. The molecule has 2 unspecified atom stereocenters. The van der Waals surface area contributed by atoms with E-state index in [9.17, 15) is 0 Å². The molecule has 0 saturated heterocycles. The highest BCUT2D eigenvalue weighted by Gasteiger charge is 2.52. The molecule has 0 spiro atoms. The summed E-state index contributed by atoms with van der Waals surface area (Å²) in [7, 11) is 0. The molecule has 1 rings (SSSR count). The first-order valence-electron chi connectivity index (χ1n) is 3.69. The molecule has 1 heteroatoms. The Balaban J connectivity index is 2.52. The predicted molar refractivity (Wildman–Crippen MR) is 41.8 cm³/mol. The largest absolute Gasteiger partial charge is 0.126 e. The first kappa shape index (κ1) is 7.40. The lowest BCUT2D eigenvalue weighted by molar-refractivity contribution is 0.371. The van der Waals surface area contributed by atoms with E-state index in [0.29, 0.717) is 5.41 Å². The van der Waals surface area contributed by atoms with Crippen LogP contribution in [0.3, 0.4) is 0 Å². The van der Waals surface area contributed by atoms with Crippen molar-refractivity contribution in [2.24, 2.45) is 17.3 Å². The summed E-state index contributed by atoms with van der Waals surface area (Å²) in [5.74, 6) is 2.49. The number of hydrogen-bond donors (Lipinski definition) is 0. The minimum absolute atomic E-state index is 0.515. The molecule has 0 amide bonds. The van der Waals surface area contributed by atoms with Gasteiger partial charge in [-0.15, -0.1) is 11.6 Å². The molecule has 0 aromatic rings. The van der Waals surface area contributed by atoms with Crippen molar-refractivity contribution < 1.29 is 0 Å². The second-order valence-corrected chi connectivity index (χ2v) is 3.89. The molecule has 0 bridgehead atoms. The van der Waals surface area contributed by atoms with Crippen LogP contribution in [0.25, 0.3) is 0 Å². The van der Waals surface area contributed by atoms with Crippen LogP contribution in [0, 0.1) is 17.3 Å². The maximum Gasteiger partial charge on any atom is 0.0285 e. The molecule has 0 aliphatic heterocycles. The van der Waals surface area contributed by atoms with Gasteiger partial charge in [0.25, 0.3) is 0 Å². The van der Waals surface area contributed by atoms with Crippen molar-refractivity contribution >= 4 is 11.6 Å². The molecule has 1 aliphatic rings. The van der Waals surface area contributed by atoms with Gasteiger partial charge in [0.2, 0.25) is 0 Å². The van der Waals surface area contributed by atoms with E-state index >= 15 is 0 Å². The van der Waals surface area contributed by atoms with E-state index in [1.54, 1.807) is 0 Å². The average Bonchev–Trinajstić information content (AvgIpc) is 2.43. The fourth-order valence-corrected chi connectivity index (χ4v) is 2.34. The van der Waals surface area contributed by atoms with Crippen molar-refractivity contribution in [3.05, 3.63) is 0 Å². The zero-order valence-corrected chi connectivity index (χ0v) is 7.20. The Morgan fingerprint density at radius 1 is 1.67 bits per heavy atom. The summed E-state index contributed by atoms with van der Waals surface area (Å²) >= 11 is 5.85. The lowest BCUT2D eigenvalue weighted by atomic mass is 9.92. The van der Waals surface area contributed by atoms with Gasteiger partial charge >= 0.3 is 0 Å². The van der Waals surface area contributed by atoms with Crippen LogP contribution in [0.1, 0.15) is 27.2 Å². The highest BCUT2D eigenvalue weighted by molar-refractivity contribution is 6.18. The Hall–Kier alpha value is 0.290. The third-order valence-electron chi connectivity index (χ3n) is 2.91. The Labute approximate surface area is 62.6 Å². The zero-order valence-electron chi connectivity index (χ0n) is 6.45. The van der Waals surface area contributed by atoms with Crippen molar-refractivity contribution in [3.8, 4) is 0 Å². The second-order valence-electron chi connectivity index (χ2n) is 3.63. The van der Waals surface area contributed by atoms with E-state index in [0.717, 1.165) is 17.7 Å². The van der Waals surface area contributed by atoms with Crippen molar-refractivity contribution in [3.63, 3.8) is 0 Å². The van der Waals surface area contributed by atoms with E-state index in [1.807, 2.05) is 0 Å². The van der Waals surface area contributed by atoms with Crippen molar-refractivity contribution in [1.82, 2.24) is 0 Å². The summed E-state index contributed by atoms with van der Waals surface area (Å²) in [6.07, 6.45) is 1.34. The average molecular weight is 147 g/mol. The molecule has 0 N–H and O–H groups in total. The van der Waals surface area contributed by atoms with Gasteiger partial charge in [0.05, 0.1) is 0 Å². The summed E-state index contributed by atoms with van der Waals surface area (Å²) in [6.45, 7) is 6.83. The third-order valence-corrected chi connectivity index (χ3v) is 3.40. The fraction of sp³-hybridized carbons (Fsp3) is 1.00. The van der Waals surface area contributed by atoms with E-state index in [2.05, 4.69) is 20.8 Å². The van der Waals surface area contributed by atoms with Crippen LogP contribution in [-0.2, 0) is 0 Å². The maximum absolute atomic E-state index is 5.85. The molecule has 0 aromatic heterocycles. The van der Waals surface area contributed by atoms with Crippen LogP contribution in [0.15, 0.2) is 0 Å². The predicted octanol–water partition coefficient (Wildman–Crippen LogP) is 2.91. The standard InChI is InChI=1S/C8H15Cl/c1-6(2)8(5-9)4-7(8)3/h6-7H,4-5H2,1-3H3. The topological polar surface area (TPSA) is 0 Å². The van der Waals surface area contributed by atoms with Crippen LogP contribution >= 0.6 is 11.6 Å². The van der Waals surface area contributed by atoms with E-state index in [-0.39, 0.29) is 0 Å². The molecule has 1 aliphatic carbocycles. The lowest BCUT2D eigenvalue weighted by Gasteiger charge is -2.16. The fourth-order valence-electron chi connectivity index (χ4n) is 1.66. The normalized spacial score (nSPS) is 41.7. The maximum atomic E-state index is 5.85. The van der Waals surface area contributed by atoms with Crippen molar-refractivity contribution in [1.29, 1.82) is 0 Å². The van der Waals surface area contributed by atoms with Gasteiger partial charge in [0.15, 0.2) is 0 Å². The minimum atomic E-state index is 0.515. The molecule has 0 nitrogen and oxygen atoms in total. The van der Waals surface area contributed by atoms with Gasteiger partial charge in [0.1, 0.15) is 0 Å². The van der Waals surface area contributed by atoms with Crippen molar-refractivity contribution in [2.75, 3.05) is 5.88 Å². The highest BCUT2D eigenvalue weighted by atomic mass is 35.5. The van der Waals surface area contributed by atoms with Crippen LogP contribution in [0.4, 0.5) is 0 Å². The number of halogens is 1. The molecular formula is C8H15Cl. The van der Waals surface area contributed by atoms with Gasteiger partial charge in [-0.1, -0.05) is 20.8 Å². The molecule has 1 saturated carbocycles. The Bertz CT molecular complexity index is 105. The van der Waals surface area contributed by atoms with Gasteiger partial charge in [-0.2, -0.15) is 0 Å². The summed E-state index contributed by atoms with van der Waals surface area (Å²) < 4.78 is 0. The van der Waals surface area contributed by atoms with Crippen LogP contribution in [0.2, 0.25) is 0 Å². The number of hydrogen-bond acceptors (Lipinski definition) is 0. The highest BCUT2D eigenvalue weighted by Crippen LogP contribution is 2.57. The second kappa shape index (κ2) is 2.16. The van der Waals surface area contributed by atoms with Gasteiger partial charge < -0.3 is 0 Å². The third kappa shape index (κ3) is 0.980. The summed E-state index contributed by atoms with van der Waals surface area (Å²) in [6, 6.07) is 0. The van der Waals surface area contributed by atoms with E-state index in [4.69, 9.17) is 11.6 Å². The Morgan fingerprint density at radius 2 is 2.11 bits per heavy atom. The quantitative estimate of drug-likeness (QED) is 0.526. The molecule has 9 heavy (non-hydrogen) atoms. The molecule has 0 heterocycles. The van der Waals surface area contributed by atoms with Crippen LogP contribution in [0.5, 0.6) is 0 Å². The molecule has 0 aromatic carbocycles. The lowest BCUT2D eigenvalue weighted by Crippen LogP contribution is -2.13. The van der Waals surface area contributed by atoms with Gasteiger partial charge in [-0.3, -0.25) is 0 Å². The Morgan fingerprint density at radius 3 is 2.11 bits per heavy atom. The van der Waals surface area contributed by atoms with Crippen molar-refractivity contribution in [2.45, 2.75) is 27.2 Å². The summed E-state index contributed by atoms with van der Waals surface area (Å²) in [4.78, 5) is 0. The number of rotatable bonds is 2. The van der Waals surface area contributed by atoms with Gasteiger partial charge in [-0.05, 0) is 23.7 Å². The minimum Gasteiger partial charge on any atom is -0.126 e. The van der Waals surface area contributed by atoms with Crippen LogP contribution < -0.4 is 0 Å². The van der Waals surface area contributed by atoms with E-state index in [1.165, 1.54) is 6.42 Å².